The van der Waals surface area contributed by atoms with Gasteiger partial charge in [0.2, 0.25) is 0 Å². The standard InChI is InChI=1S/C19H26BO2.Li/c1-16(2)12-13-20(21-14-7-15-22-20)19-11-6-10-18(19)17-8-4-3-5-9-17;/h3-5,8-9,16,18-19H,6-7,10-11,14-15H2,1-2H3;/q-1;+1/t18-,19+;/m1./s1. The van der Waals surface area contributed by atoms with E-state index in [-0.39, 0.29) is 18.9 Å². The van der Waals surface area contributed by atoms with Gasteiger partial charge in [-0.15, -0.1) is 5.92 Å². The molecule has 2 atom stereocenters. The molecule has 3 rings (SSSR count). The van der Waals surface area contributed by atoms with Gasteiger partial charge in [0.1, 0.15) is 0 Å². The van der Waals surface area contributed by atoms with E-state index >= 15 is 0 Å². The van der Waals surface area contributed by atoms with Crippen LogP contribution in [0.3, 0.4) is 0 Å². The van der Waals surface area contributed by atoms with Crippen LogP contribution in [-0.4, -0.2) is 19.8 Å². The molecule has 0 unspecified atom stereocenters. The summed E-state index contributed by atoms with van der Waals surface area (Å²) < 4.78 is 12.4. The van der Waals surface area contributed by atoms with Gasteiger partial charge in [0.15, 0.2) is 0 Å². The molecular weight excluding hydrogens is 278 g/mol. The molecule has 1 aliphatic heterocycles. The molecule has 1 saturated heterocycles. The summed E-state index contributed by atoms with van der Waals surface area (Å²) in [5.41, 5.74) is 1.41. The molecule has 118 valence electrons. The quantitative estimate of drug-likeness (QED) is 0.607. The van der Waals surface area contributed by atoms with Crippen LogP contribution in [-0.2, 0) is 9.31 Å². The summed E-state index contributed by atoms with van der Waals surface area (Å²) in [5.74, 6) is 8.04. The molecule has 1 aromatic carbocycles. The number of hydrogen-bond acceptors (Lipinski definition) is 2. The molecule has 0 N–H and O–H groups in total. The van der Waals surface area contributed by atoms with E-state index in [0.29, 0.717) is 17.7 Å². The van der Waals surface area contributed by atoms with Crippen LogP contribution in [0.25, 0.3) is 0 Å². The van der Waals surface area contributed by atoms with Gasteiger partial charge in [-0.1, -0.05) is 62.8 Å². The molecular formula is C19H26BLiO2. The maximum Gasteiger partial charge on any atom is 1.00 e. The average molecular weight is 304 g/mol. The van der Waals surface area contributed by atoms with Crippen LogP contribution in [0.2, 0.25) is 5.82 Å². The zero-order valence-corrected chi connectivity index (χ0v) is 14.8. The van der Waals surface area contributed by atoms with Crippen LogP contribution in [0.15, 0.2) is 30.3 Å². The first-order chi connectivity index (χ1) is 10.7. The van der Waals surface area contributed by atoms with E-state index in [9.17, 15) is 0 Å². The van der Waals surface area contributed by atoms with Gasteiger partial charge in [-0.3, -0.25) is 0 Å². The van der Waals surface area contributed by atoms with Crippen molar-refractivity contribution in [2.24, 2.45) is 5.92 Å². The first-order valence-electron chi connectivity index (χ1n) is 8.71. The molecule has 4 heteroatoms. The molecule has 0 aromatic heterocycles. The van der Waals surface area contributed by atoms with Crippen molar-refractivity contribution in [2.45, 2.75) is 51.3 Å². The van der Waals surface area contributed by atoms with E-state index in [1.54, 1.807) is 0 Å². The Hall–Kier alpha value is -0.638. The second kappa shape index (κ2) is 8.46. The third-order valence-corrected chi connectivity index (χ3v) is 4.95. The third kappa shape index (κ3) is 4.26. The topological polar surface area (TPSA) is 18.5 Å². The molecule has 1 heterocycles. The molecule has 0 amide bonds. The summed E-state index contributed by atoms with van der Waals surface area (Å²) in [5, 5.41) is 0. The minimum Gasteiger partial charge on any atom is -0.558 e. The number of rotatable bonds is 2. The van der Waals surface area contributed by atoms with Gasteiger partial charge in [-0.05, 0) is 24.3 Å². The summed E-state index contributed by atoms with van der Waals surface area (Å²) >= 11 is 0. The Bertz CT molecular complexity index is 543. The fraction of sp³-hybridized carbons (Fsp3) is 0.579. The van der Waals surface area contributed by atoms with E-state index in [4.69, 9.17) is 9.31 Å². The zero-order chi connectivity index (χ0) is 15.4. The molecule has 2 fully saturated rings. The summed E-state index contributed by atoms with van der Waals surface area (Å²) in [6, 6.07) is 10.8. The van der Waals surface area contributed by atoms with Gasteiger partial charge in [0, 0.05) is 19.1 Å². The van der Waals surface area contributed by atoms with Crippen molar-refractivity contribution in [1.29, 1.82) is 0 Å². The van der Waals surface area contributed by atoms with Crippen LogP contribution in [0.4, 0.5) is 0 Å². The van der Waals surface area contributed by atoms with E-state index in [1.165, 1.54) is 18.4 Å². The van der Waals surface area contributed by atoms with Crippen molar-refractivity contribution in [1.82, 2.24) is 0 Å². The van der Waals surface area contributed by atoms with Crippen LogP contribution in [0, 0.1) is 17.7 Å². The Labute approximate surface area is 152 Å². The van der Waals surface area contributed by atoms with E-state index in [1.807, 2.05) is 0 Å². The third-order valence-electron chi connectivity index (χ3n) is 4.95. The molecule has 0 bridgehead atoms. The summed E-state index contributed by atoms with van der Waals surface area (Å²) in [6.07, 6.45) is 4.60. The summed E-state index contributed by atoms with van der Waals surface area (Å²) in [6.45, 7) is 4.35. The SMILES string of the molecule is CC(C)C#C[B-]1([C@H]2CCC[C@@H]2c2ccccc2)OCCCO1.[Li+]. The van der Waals surface area contributed by atoms with Crippen molar-refractivity contribution >= 4 is 6.55 Å². The summed E-state index contributed by atoms with van der Waals surface area (Å²) in [7, 11) is 0. The van der Waals surface area contributed by atoms with Gasteiger partial charge >= 0.3 is 25.4 Å². The van der Waals surface area contributed by atoms with E-state index < -0.39 is 6.55 Å². The zero-order valence-electron chi connectivity index (χ0n) is 14.8. The molecule has 2 aliphatic rings. The van der Waals surface area contributed by atoms with Crippen LogP contribution in [0.5, 0.6) is 0 Å². The monoisotopic (exact) mass is 304 g/mol. The van der Waals surface area contributed by atoms with Gasteiger partial charge in [0.05, 0.1) is 0 Å². The predicted octanol–water partition coefficient (Wildman–Crippen LogP) is 1.41. The van der Waals surface area contributed by atoms with Crippen LogP contribution in [0.1, 0.15) is 51.0 Å². The fourth-order valence-electron chi connectivity index (χ4n) is 3.97. The predicted molar refractivity (Wildman–Crippen MR) is 91.7 cm³/mol. The maximum atomic E-state index is 6.22. The first-order valence-corrected chi connectivity index (χ1v) is 8.71. The molecule has 1 saturated carbocycles. The van der Waals surface area contributed by atoms with Gasteiger partial charge in [-0.25, -0.2) is 5.82 Å². The number of hydrogen-bond donors (Lipinski definition) is 0. The minimum absolute atomic E-state index is 0. The second-order valence-corrected chi connectivity index (χ2v) is 6.92. The second-order valence-electron chi connectivity index (χ2n) is 6.92. The van der Waals surface area contributed by atoms with Crippen molar-refractivity contribution in [3.63, 3.8) is 0 Å². The first kappa shape index (κ1) is 18.7. The van der Waals surface area contributed by atoms with Gasteiger partial charge < -0.3 is 9.31 Å². The normalized spacial score (nSPS) is 26.2. The maximum absolute atomic E-state index is 6.22. The minimum atomic E-state index is -1.47. The van der Waals surface area contributed by atoms with Crippen LogP contribution >= 0.6 is 0 Å². The molecule has 2 nitrogen and oxygen atoms in total. The van der Waals surface area contributed by atoms with Gasteiger partial charge in [0.25, 0.3) is 0 Å². The van der Waals surface area contributed by atoms with Crippen molar-refractivity contribution in [3.05, 3.63) is 35.9 Å². The summed E-state index contributed by atoms with van der Waals surface area (Å²) in [4.78, 5) is 0. The molecule has 1 aromatic rings. The van der Waals surface area contributed by atoms with E-state index in [2.05, 4.69) is 55.9 Å². The largest absolute Gasteiger partial charge is 1.00 e. The van der Waals surface area contributed by atoms with Crippen molar-refractivity contribution < 1.29 is 28.2 Å². The Balaban J connectivity index is 0.00000192. The van der Waals surface area contributed by atoms with Crippen molar-refractivity contribution in [3.8, 4) is 11.7 Å². The molecule has 1 aliphatic carbocycles. The van der Waals surface area contributed by atoms with Crippen LogP contribution < -0.4 is 18.9 Å². The fourth-order valence-corrected chi connectivity index (χ4v) is 3.97. The Morgan fingerprint density at radius 1 is 1.04 bits per heavy atom. The number of benzene rings is 1. The Morgan fingerprint density at radius 3 is 2.39 bits per heavy atom. The van der Waals surface area contributed by atoms with Crippen molar-refractivity contribution in [2.75, 3.05) is 13.2 Å². The molecule has 0 spiro atoms. The molecule has 23 heavy (non-hydrogen) atoms. The molecule has 0 radical (unpaired) electrons. The van der Waals surface area contributed by atoms with Gasteiger partial charge in [-0.2, -0.15) is 0 Å². The Kier molecular flexibility index (Phi) is 6.88. The van der Waals surface area contributed by atoms with E-state index in [0.717, 1.165) is 26.1 Å². The average Bonchev–Trinajstić information content (AvgIpc) is 3.05. The smallest absolute Gasteiger partial charge is 0.558 e. The Morgan fingerprint density at radius 2 is 1.74 bits per heavy atom.